The molecule has 0 aliphatic heterocycles. The van der Waals surface area contributed by atoms with E-state index in [0.29, 0.717) is 4.90 Å². The summed E-state index contributed by atoms with van der Waals surface area (Å²) in [6.45, 7) is 2.73. The highest BCUT2D eigenvalue weighted by atomic mass is 19.4. The highest BCUT2D eigenvalue weighted by molar-refractivity contribution is 5.72. The normalized spacial score (nSPS) is 11.9. The fraction of sp³-hybridized carbons (Fsp3) is 0.818. The van der Waals surface area contributed by atoms with E-state index in [1.54, 1.807) is 0 Å². The Morgan fingerprint density at radius 3 is 2.05 bits per heavy atom. The van der Waals surface area contributed by atoms with Crippen LogP contribution in [0, 0.1) is 0 Å². The minimum atomic E-state index is -4.56. The molecule has 0 aromatic carbocycles. The molecule has 0 aromatic rings. The van der Waals surface area contributed by atoms with Gasteiger partial charge in [-0.05, 0) is 20.8 Å². The molecule has 5 nitrogen and oxygen atoms in total. The Balaban J connectivity index is 4.66. The Labute approximate surface area is 109 Å². The van der Waals surface area contributed by atoms with Crippen molar-refractivity contribution in [3.63, 3.8) is 0 Å². The first-order chi connectivity index (χ1) is 8.44. The molecule has 0 fully saturated rings. The van der Waals surface area contributed by atoms with Crippen molar-refractivity contribution >= 4 is 12.1 Å². The number of ether oxygens (including phenoxy) is 2. The fourth-order valence-electron chi connectivity index (χ4n) is 1.11. The van der Waals surface area contributed by atoms with Gasteiger partial charge in [-0.15, -0.1) is 0 Å². The minimum absolute atomic E-state index is 0.328. The summed E-state index contributed by atoms with van der Waals surface area (Å²) in [7, 11) is 1.11. The summed E-state index contributed by atoms with van der Waals surface area (Å²) in [4.78, 5) is 22.9. The van der Waals surface area contributed by atoms with E-state index >= 15 is 0 Å². The average molecular weight is 285 g/mol. The predicted octanol–water partition coefficient (Wildman–Crippen LogP) is 2.35. The highest BCUT2D eigenvalue weighted by Gasteiger charge is 2.35. The van der Waals surface area contributed by atoms with Gasteiger partial charge in [0, 0.05) is 6.54 Å². The standard InChI is InChI=1S/C11H18F3NO4/c1-10(2,3)19-9(17)15(7-11(12,13)14)6-5-8(16)18-4/h5-7H2,1-4H3. The maximum absolute atomic E-state index is 12.3. The van der Waals surface area contributed by atoms with Crippen molar-refractivity contribution in [3.8, 4) is 0 Å². The molecule has 0 unspecified atom stereocenters. The Morgan fingerprint density at radius 2 is 1.68 bits per heavy atom. The highest BCUT2D eigenvalue weighted by Crippen LogP contribution is 2.19. The third kappa shape index (κ3) is 9.15. The van der Waals surface area contributed by atoms with E-state index < -0.39 is 36.9 Å². The minimum Gasteiger partial charge on any atom is -0.469 e. The number of rotatable bonds is 4. The Morgan fingerprint density at radius 1 is 1.16 bits per heavy atom. The van der Waals surface area contributed by atoms with Crippen molar-refractivity contribution in [2.24, 2.45) is 0 Å². The molecule has 0 aliphatic carbocycles. The number of esters is 1. The van der Waals surface area contributed by atoms with E-state index in [1.807, 2.05) is 0 Å². The molecule has 0 rings (SSSR count). The Kier molecular flexibility index (Phi) is 6.11. The van der Waals surface area contributed by atoms with E-state index in [0.717, 1.165) is 7.11 Å². The number of methoxy groups -OCH3 is 1. The largest absolute Gasteiger partial charge is 0.469 e. The lowest BCUT2D eigenvalue weighted by Gasteiger charge is -2.27. The molecule has 0 N–H and O–H groups in total. The molecule has 19 heavy (non-hydrogen) atoms. The van der Waals surface area contributed by atoms with Gasteiger partial charge in [0.15, 0.2) is 0 Å². The lowest BCUT2D eigenvalue weighted by atomic mass is 10.2. The maximum atomic E-state index is 12.3. The number of carbonyl (C=O) groups is 2. The summed E-state index contributed by atoms with van der Waals surface area (Å²) < 4.78 is 46.2. The molecule has 0 heterocycles. The zero-order chi connectivity index (χ0) is 15.3. The predicted molar refractivity (Wildman–Crippen MR) is 60.5 cm³/mol. The van der Waals surface area contributed by atoms with Crippen molar-refractivity contribution < 1.29 is 32.2 Å². The Bertz CT molecular complexity index is 323. The van der Waals surface area contributed by atoms with Crippen molar-refractivity contribution in [1.29, 1.82) is 0 Å². The molecular weight excluding hydrogens is 267 g/mol. The van der Waals surface area contributed by atoms with E-state index in [-0.39, 0.29) is 6.42 Å². The first kappa shape index (κ1) is 17.5. The number of hydrogen-bond donors (Lipinski definition) is 0. The van der Waals surface area contributed by atoms with Crippen LogP contribution in [0.5, 0.6) is 0 Å². The molecular formula is C11H18F3NO4. The van der Waals surface area contributed by atoms with Crippen LogP contribution in [0.2, 0.25) is 0 Å². The topological polar surface area (TPSA) is 55.8 Å². The van der Waals surface area contributed by atoms with Gasteiger partial charge in [0.25, 0.3) is 0 Å². The molecule has 0 aromatic heterocycles. The number of amides is 1. The molecule has 0 bridgehead atoms. The van der Waals surface area contributed by atoms with Gasteiger partial charge in [-0.2, -0.15) is 13.2 Å². The van der Waals surface area contributed by atoms with Crippen LogP contribution in [0.3, 0.4) is 0 Å². The second-order valence-corrected chi connectivity index (χ2v) is 4.84. The van der Waals surface area contributed by atoms with Crippen molar-refractivity contribution in [2.45, 2.75) is 39.0 Å². The number of halogens is 3. The quantitative estimate of drug-likeness (QED) is 0.744. The first-order valence-electron chi connectivity index (χ1n) is 5.56. The van der Waals surface area contributed by atoms with Crippen LogP contribution in [0.1, 0.15) is 27.2 Å². The second kappa shape index (κ2) is 6.63. The average Bonchev–Trinajstić information content (AvgIpc) is 2.19. The molecule has 0 radical (unpaired) electrons. The molecule has 1 amide bonds. The molecule has 0 saturated carbocycles. The zero-order valence-corrected chi connectivity index (χ0v) is 11.3. The monoisotopic (exact) mass is 285 g/mol. The first-order valence-corrected chi connectivity index (χ1v) is 5.56. The van der Waals surface area contributed by atoms with Crippen LogP contribution >= 0.6 is 0 Å². The Hall–Kier alpha value is -1.47. The van der Waals surface area contributed by atoms with Gasteiger partial charge >= 0.3 is 18.2 Å². The summed E-state index contributed by atoms with van der Waals surface area (Å²) in [6.07, 6.45) is -6.01. The lowest BCUT2D eigenvalue weighted by Crippen LogP contribution is -2.43. The molecule has 0 spiro atoms. The SMILES string of the molecule is COC(=O)CCN(CC(F)(F)F)C(=O)OC(C)(C)C. The third-order valence-electron chi connectivity index (χ3n) is 1.84. The van der Waals surface area contributed by atoms with Crippen LogP contribution in [0.15, 0.2) is 0 Å². The van der Waals surface area contributed by atoms with Gasteiger partial charge in [-0.3, -0.25) is 9.69 Å². The number of nitrogens with zero attached hydrogens (tertiary/aromatic N) is 1. The molecule has 0 saturated heterocycles. The van der Waals surface area contributed by atoms with Crippen molar-refractivity contribution in [1.82, 2.24) is 4.90 Å². The van der Waals surface area contributed by atoms with Crippen LogP contribution < -0.4 is 0 Å². The van der Waals surface area contributed by atoms with Crippen molar-refractivity contribution in [2.75, 3.05) is 20.2 Å². The van der Waals surface area contributed by atoms with Gasteiger partial charge in [-0.25, -0.2) is 4.79 Å². The molecule has 8 heteroatoms. The second-order valence-electron chi connectivity index (χ2n) is 4.84. The van der Waals surface area contributed by atoms with Crippen LogP contribution in [0.4, 0.5) is 18.0 Å². The van der Waals surface area contributed by atoms with E-state index in [9.17, 15) is 22.8 Å². The van der Waals surface area contributed by atoms with Gasteiger partial charge in [0.1, 0.15) is 12.1 Å². The van der Waals surface area contributed by atoms with Gasteiger partial charge in [-0.1, -0.05) is 0 Å². The zero-order valence-electron chi connectivity index (χ0n) is 11.3. The molecule has 0 aliphatic rings. The summed E-state index contributed by atoms with van der Waals surface area (Å²) in [6, 6.07) is 0. The molecule has 0 atom stereocenters. The van der Waals surface area contributed by atoms with Gasteiger partial charge < -0.3 is 9.47 Å². The van der Waals surface area contributed by atoms with Gasteiger partial charge in [0.2, 0.25) is 0 Å². The lowest BCUT2D eigenvalue weighted by molar-refractivity contribution is -0.149. The summed E-state index contributed by atoms with van der Waals surface area (Å²) in [5, 5.41) is 0. The van der Waals surface area contributed by atoms with Crippen LogP contribution in [-0.2, 0) is 14.3 Å². The van der Waals surface area contributed by atoms with Crippen molar-refractivity contribution in [3.05, 3.63) is 0 Å². The van der Waals surface area contributed by atoms with Crippen LogP contribution in [0.25, 0.3) is 0 Å². The van der Waals surface area contributed by atoms with E-state index in [1.165, 1.54) is 20.8 Å². The van der Waals surface area contributed by atoms with E-state index in [2.05, 4.69) is 4.74 Å². The summed E-state index contributed by atoms with van der Waals surface area (Å²) >= 11 is 0. The maximum Gasteiger partial charge on any atom is 0.410 e. The van der Waals surface area contributed by atoms with Gasteiger partial charge in [0.05, 0.1) is 13.5 Å². The number of hydrogen-bond acceptors (Lipinski definition) is 4. The number of alkyl halides is 3. The summed E-state index contributed by atoms with van der Waals surface area (Å²) in [5.74, 6) is -0.698. The third-order valence-corrected chi connectivity index (χ3v) is 1.84. The van der Waals surface area contributed by atoms with Crippen LogP contribution in [-0.4, -0.2) is 48.9 Å². The fourth-order valence-corrected chi connectivity index (χ4v) is 1.11. The molecule has 112 valence electrons. The van der Waals surface area contributed by atoms with E-state index in [4.69, 9.17) is 4.74 Å². The summed E-state index contributed by atoms with van der Waals surface area (Å²) in [5.41, 5.74) is -0.911. The smallest absolute Gasteiger partial charge is 0.410 e. The number of carbonyl (C=O) groups excluding carboxylic acids is 2.